The van der Waals surface area contributed by atoms with Crippen LogP contribution in [0.2, 0.25) is 0 Å². The Balaban J connectivity index is 1.69. The molecule has 0 saturated carbocycles. The van der Waals surface area contributed by atoms with Crippen LogP contribution >= 0.6 is 0 Å². The Morgan fingerprint density at radius 1 is 0.960 bits per heavy atom. The van der Waals surface area contributed by atoms with Crippen LogP contribution in [0.25, 0.3) is 0 Å². The quantitative estimate of drug-likeness (QED) is 0.713. The molecule has 1 atom stereocenters. The van der Waals surface area contributed by atoms with Crippen LogP contribution in [0, 0.1) is 13.8 Å². The van der Waals surface area contributed by atoms with Crippen molar-refractivity contribution in [1.29, 1.82) is 0 Å². The van der Waals surface area contributed by atoms with Gasteiger partial charge in [-0.15, -0.1) is 0 Å². The summed E-state index contributed by atoms with van der Waals surface area (Å²) in [6.07, 6.45) is 4.45. The van der Waals surface area contributed by atoms with Crippen LogP contribution in [-0.2, 0) is 11.3 Å². The zero-order valence-electron chi connectivity index (χ0n) is 14.8. The SMILES string of the molecule is Cc1ccc(CNC(=O)C[C@@H](c2cccc(C)c2)n2cccc2)cc1. The van der Waals surface area contributed by atoms with Gasteiger partial charge in [-0.05, 0) is 37.1 Å². The standard InChI is InChI=1S/C22H24N2O/c1-17-8-10-19(11-9-17)16-23-22(25)15-21(24-12-3-4-13-24)20-7-5-6-18(2)14-20/h3-14,21H,15-16H2,1-2H3,(H,23,25)/t21-/m0/s1. The number of hydrogen-bond acceptors (Lipinski definition) is 1. The molecule has 2 aromatic carbocycles. The molecule has 0 aliphatic rings. The minimum Gasteiger partial charge on any atom is -0.352 e. The maximum atomic E-state index is 12.5. The molecular formula is C22H24N2O. The van der Waals surface area contributed by atoms with E-state index in [0.29, 0.717) is 13.0 Å². The van der Waals surface area contributed by atoms with Gasteiger partial charge in [0.1, 0.15) is 0 Å². The first kappa shape index (κ1) is 17.0. The Morgan fingerprint density at radius 2 is 1.68 bits per heavy atom. The summed E-state index contributed by atoms with van der Waals surface area (Å²) in [5.41, 5.74) is 4.70. The van der Waals surface area contributed by atoms with Gasteiger partial charge in [0.2, 0.25) is 5.91 Å². The van der Waals surface area contributed by atoms with Crippen LogP contribution in [-0.4, -0.2) is 10.5 Å². The molecule has 0 saturated heterocycles. The highest BCUT2D eigenvalue weighted by molar-refractivity contribution is 5.76. The van der Waals surface area contributed by atoms with Crippen molar-refractivity contribution in [2.45, 2.75) is 32.9 Å². The molecule has 0 unspecified atom stereocenters. The average Bonchev–Trinajstić information content (AvgIpc) is 3.13. The van der Waals surface area contributed by atoms with Gasteiger partial charge in [-0.3, -0.25) is 4.79 Å². The Labute approximate surface area is 149 Å². The van der Waals surface area contributed by atoms with E-state index < -0.39 is 0 Å². The summed E-state index contributed by atoms with van der Waals surface area (Å²) in [5, 5.41) is 3.04. The van der Waals surface area contributed by atoms with Gasteiger partial charge in [-0.1, -0.05) is 59.7 Å². The summed E-state index contributed by atoms with van der Waals surface area (Å²) in [7, 11) is 0. The van der Waals surface area contributed by atoms with Crippen molar-refractivity contribution in [3.63, 3.8) is 0 Å². The zero-order chi connectivity index (χ0) is 17.6. The lowest BCUT2D eigenvalue weighted by molar-refractivity contribution is -0.121. The molecule has 1 N–H and O–H groups in total. The van der Waals surface area contributed by atoms with Gasteiger partial charge >= 0.3 is 0 Å². The molecule has 3 nitrogen and oxygen atoms in total. The number of nitrogens with zero attached hydrogens (tertiary/aromatic N) is 1. The second kappa shape index (κ2) is 7.84. The molecule has 0 aliphatic heterocycles. The molecule has 0 spiro atoms. The van der Waals surface area contributed by atoms with E-state index in [4.69, 9.17) is 0 Å². The maximum absolute atomic E-state index is 12.5. The Morgan fingerprint density at radius 3 is 2.36 bits per heavy atom. The number of carbonyl (C=O) groups is 1. The highest BCUT2D eigenvalue weighted by Gasteiger charge is 2.17. The smallest absolute Gasteiger partial charge is 0.222 e. The highest BCUT2D eigenvalue weighted by atomic mass is 16.1. The largest absolute Gasteiger partial charge is 0.352 e. The first-order valence-corrected chi connectivity index (χ1v) is 8.63. The van der Waals surface area contributed by atoms with Crippen molar-refractivity contribution in [3.05, 3.63) is 95.3 Å². The van der Waals surface area contributed by atoms with E-state index in [1.807, 2.05) is 30.6 Å². The summed E-state index contributed by atoms with van der Waals surface area (Å²) >= 11 is 0. The lowest BCUT2D eigenvalue weighted by Crippen LogP contribution is -2.26. The maximum Gasteiger partial charge on any atom is 0.222 e. The number of carbonyl (C=O) groups excluding carboxylic acids is 1. The molecule has 1 heterocycles. The van der Waals surface area contributed by atoms with E-state index in [9.17, 15) is 4.79 Å². The van der Waals surface area contributed by atoms with Crippen LogP contribution in [0.4, 0.5) is 0 Å². The Bertz CT molecular complexity index is 819. The van der Waals surface area contributed by atoms with E-state index >= 15 is 0 Å². The summed E-state index contributed by atoms with van der Waals surface area (Å²) in [4.78, 5) is 12.5. The van der Waals surface area contributed by atoms with Gasteiger partial charge in [-0.2, -0.15) is 0 Å². The lowest BCUT2D eigenvalue weighted by atomic mass is 10.0. The summed E-state index contributed by atoms with van der Waals surface area (Å²) < 4.78 is 2.10. The number of amides is 1. The first-order chi connectivity index (χ1) is 12.1. The normalized spacial score (nSPS) is 11.9. The van der Waals surface area contributed by atoms with Crippen molar-refractivity contribution >= 4 is 5.91 Å². The van der Waals surface area contributed by atoms with Crippen molar-refractivity contribution < 1.29 is 4.79 Å². The number of hydrogen-bond donors (Lipinski definition) is 1. The number of aromatic nitrogens is 1. The molecule has 3 aromatic rings. The molecule has 1 aromatic heterocycles. The molecule has 0 radical (unpaired) electrons. The molecule has 25 heavy (non-hydrogen) atoms. The van der Waals surface area contributed by atoms with E-state index in [-0.39, 0.29) is 11.9 Å². The third-order valence-electron chi connectivity index (χ3n) is 4.40. The number of benzene rings is 2. The molecule has 1 amide bonds. The van der Waals surface area contributed by atoms with Crippen LogP contribution in [0.1, 0.15) is 34.7 Å². The average molecular weight is 332 g/mol. The van der Waals surface area contributed by atoms with Crippen LogP contribution in [0.3, 0.4) is 0 Å². The van der Waals surface area contributed by atoms with Gasteiger partial charge in [0.05, 0.1) is 12.5 Å². The fourth-order valence-corrected chi connectivity index (χ4v) is 2.98. The molecule has 0 fully saturated rings. The van der Waals surface area contributed by atoms with Crippen LogP contribution < -0.4 is 5.32 Å². The third-order valence-corrected chi connectivity index (χ3v) is 4.40. The lowest BCUT2D eigenvalue weighted by Gasteiger charge is -2.20. The van der Waals surface area contributed by atoms with E-state index in [0.717, 1.165) is 11.1 Å². The zero-order valence-corrected chi connectivity index (χ0v) is 14.8. The summed E-state index contributed by atoms with van der Waals surface area (Å²) in [6, 6.07) is 20.6. The second-order valence-corrected chi connectivity index (χ2v) is 6.53. The Kier molecular flexibility index (Phi) is 5.34. The first-order valence-electron chi connectivity index (χ1n) is 8.63. The molecule has 3 rings (SSSR count). The minimum absolute atomic E-state index is 0.00733. The summed E-state index contributed by atoms with van der Waals surface area (Å²) in [5.74, 6) is 0.0563. The van der Waals surface area contributed by atoms with Crippen molar-refractivity contribution in [3.8, 4) is 0 Å². The van der Waals surface area contributed by atoms with Gasteiger partial charge in [0, 0.05) is 18.9 Å². The summed E-state index contributed by atoms with van der Waals surface area (Å²) in [6.45, 7) is 4.70. The topological polar surface area (TPSA) is 34.0 Å². The number of nitrogens with one attached hydrogen (secondary N) is 1. The minimum atomic E-state index is 0.00733. The van der Waals surface area contributed by atoms with Gasteiger partial charge in [-0.25, -0.2) is 0 Å². The monoisotopic (exact) mass is 332 g/mol. The van der Waals surface area contributed by atoms with E-state index in [1.54, 1.807) is 0 Å². The van der Waals surface area contributed by atoms with E-state index in [1.165, 1.54) is 11.1 Å². The molecule has 0 bridgehead atoms. The van der Waals surface area contributed by atoms with E-state index in [2.05, 4.69) is 66.2 Å². The highest BCUT2D eigenvalue weighted by Crippen LogP contribution is 2.23. The molecular weight excluding hydrogens is 308 g/mol. The van der Waals surface area contributed by atoms with Gasteiger partial charge in [0.25, 0.3) is 0 Å². The molecule has 0 aliphatic carbocycles. The van der Waals surface area contributed by atoms with Crippen LogP contribution in [0.15, 0.2) is 73.1 Å². The van der Waals surface area contributed by atoms with Gasteiger partial charge < -0.3 is 9.88 Å². The van der Waals surface area contributed by atoms with Crippen molar-refractivity contribution in [2.24, 2.45) is 0 Å². The third kappa shape index (κ3) is 4.60. The molecule has 128 valence electrons. The predicted octanol–water partition coefficient (Wildman–Crippen LogP) is 4.40. The molecule has 3 heteroatoms. The van der Waals surface area contributed by atoms with Gasteiger partial charge in [0.15, 0.2) is 0 Å². The fourth-order valence-electron chi connectivity index (χ4n) is 2.98. The predicted molar refractivity (Wildman–Crippen MR) is 101 cm³/mol. The van der Waals surface area contributed by atoms with Crippen molar-refractivity contribution in [1.82, 2.24) is 9.88 Å². The number of rotatable bonds is 6. The fraction of sp³-hybridized carbons (Fsp3) is 0.227. The number of aryl methyl sites for hydroxylation is 2. The van der Waals surface area contributed by atoms with Crippen molar-refractivity contribution in [2.75, 3.05) is 0 Å². The second-order valence-electron chi connectivity index (χ2n) is 6.53. The van der Waals surface area contributed by atoms with Crippen LogP contribution in [0.5, 0.6) is 0 Å². The Hall–Kier alpha value is -2.81.